The van der Waals surface area contributed by atoms with Gasteiger partial charge < -0.3 is 0 Å². The summed E-state index contributed by atoms with van der Waals surface area (Å²) in [5, 5.41) is 0. The second-order valence-corrected chi connectivity index (χ2v) is 2.83. The molecule has 1 aromatic rings. The molecule has 0 aliphatic heterocycles. The highest BCUT2D eigenvalue weighted by molar-refractivity contribution is 5.51. The monoisotopic (exact) mass is 158 g/mol. The zero-order chi connectivity index (χ0) is 8.39. The summed E-state index contributed by atoms with van der Waals surface area (Å²) < 4.78 is 0. The maximum Gasteiger partial charge on any atom is 0.0851 e. The number of aryl methyl sites for hydroxylation is 1. The zero-order valence-electron chi connectivity index (χ0n) is 6.99. The molecule has 0 unspecified atom stereocenters. The molecule has 0 radical (unpaired) electrons. The Morgan fingerprint density at radius 1 is 1.33 bits per heavy atom. The summed E-state index contributed by atoms with van der Waals surface area (Å²) in [4.78, 5) is 8.70. The van der Waals surface area contributed by atoms with E-state index in [0.29, 0.717) is 0 Å². The fourth-order valence-corrected chi connectivity index (χ4v) is 1.22. The molecule has 0 atom stereocenters. The van der Waals surface area contributed by atoms with Crippen LogP contribution >= 0.6 is 0 Å². The van der Waals surface area contributed by atoms with Crippen molar-refractivity contribution in [2.45, 2.75) is 13.3 Å². The Balaban J connectivity index is 2.53. The predicted octanol–water partition coefficient (Wildman–Crippen LogP) is 1.91. The molecule has 0 bridgehead atoms. The van der Waals surface area contributed by atoms with E-state index in [1.807, 2.05) is 31.3 Å². The average molecular weight is 158 g/mol. The van der Waals surface area contributed by atoms with Gasteiger partial charge in [-0.3, -0.25) is 9.97 Å². The lowest BCUT2D eigenvalue weighted by molar-refractivity contribution is 1.01. The molecule has 0 spiro atoms. The third-order valence-corrected chi connectivity index (χ3v) is 1.81. The van der Waals surface area contributed by atoms with E-state index in [9.17, 15) is 0 Å². The number of hydrogen-bond donors (Lipinski definition) is 0. The van der Waals surface area contributed by atoms with Crippen LogP contribution in [0.1, 0.15) is 17.1 Å². The van der Waals surface area contributed by atoms with Crippen molar-refractivity contribution in [1.29, 1.82) is 0 Å². The number of nitrogens with zero attached hydrogens (tertiary/aromatic N) is 2. The molecule has 1 aromatic heterocycles. The van der Waals surface area contributed by atoms with Crippen LogP contribution in [0.2, 0.25) is 0 Å². The summed E-state index contributed by atoms with van der Waals surface area (Å²) in [5.74, 6) is 0. The Labute approximate surface area is 71.7 Å². The Bertz CT molecular complexity index is 351. The molecule has 1 heterocycles. The minimum Gasteiger partial charge on any atom is -0.257 e. The first-order valence-corrected chi connectivity index (χ1v) is 4.02. The SMILES string of the molecule is Cc1cnc2c(n1)C=CC=CC2. The summed E-state index contributed by atoms with van der Waals surface area (Å²) in [6.07, 6.45) is 10.8. The van der Waals surface area contributed by atoms with Gasteiger partial charge in [-0.15, -0.1) is 0 Å². The molecule has 0 fully saturated rings. The van der Waals surface area contributed by atoms with Gasteiger partial charge >= 0.3 is 0 Å². The molecule has 0 saturated carbocycles. The van der Waals surface area contributed by atoms with Gasteiger partial charge in [0.05, 0.1) is 17.1 Å². The number of fused-ring (bicyclic) bond motifs is 1. The highest BCUT2D eigenvalue weighted by Gasteiger charge is 2.02. The minimum atomic E-state index is 0.885. The Morgan fingerprint density at radius 3 is 3.17 bits per heavy atom. The second-order valence-electron chi connectivity index (χ2n) is 2.83. The van der Waals surface area contributed by atoms with Gasteiger partial charge in [0.2, 0.25) is 0 Å². The molecule has 0 N–H and O–H groups in total. The Hall–Kier alpha value is -1.44. The summed E-state index contributed by atoms with van der Waals surface area (Å²) >= 11 is 0. The van der Waals surface area contributed by atoms with E-state index in [4.69, 9.17) is 0 Å². The molecular weight excluding hydrogens is 148 g/mol. The lowest BCUT2D eigenvalue weighted by Gasteiger charge is -2.00. The van der Waals surface area contributed by atoms with Crippen molar-refractivity contribution in [3.8, 4) is 0 Å². The van der Waals surface area contributed by atoms with Crippen LogP contribution in [-0.4, -0.2) is 9.97 Å². The van der Waals surface area contributed by atoms with E-state index in [2.05, 4.69) is 16.0 Å². The number of allylic oxidation sites excluding steroid dienone is 3. The Morgan fingerprint density at radius 2 is 2.25 bits per heavy atom. The Kier molecular flexibility index (Phi) is 1.74. The maximum atomic E-state index is 4.38. The van der Waals surface area contributed by atoms with E-state index in [1.165, 1.54) is 0 Å². The van der Waals surface area contributed by atoms with E-state index < -0.39 is 0 Å². The fourth-order valence-electron chi connectivity index (χ4n) is 1.22. The van der Waals surface area contributed by atoms with Crippen LogP contribution in [-0.2, 0) is 6.42 Å². The van der Waals surface area contributed by atoms with Crippen molar-refractivity contribution in [1.82, 2.24) is 9.97 Å². The number of rotatable bonds is 0. The summed E-state index contributed by atoms with van der Waals surface area (Å²) in [6, 6.07) is 0. The quantitative estimate of drug-likeness (QED) is 0.576. The second kappa shape index (κ2) is 2.89. The van der Waals surface area contributed by atoms with Crippen molar-refractivity contribution in [2.75, 3.05) is 0 Å². The van der Waals surface area contributed by atoms with Crippen LogP contribution in [0.15, 0.2) is 24.4 Å². The highest BCUT2D eigenvalue weighted by Crippen LogP contribution is 2.10. The van der Waals surface area contributed by atoms with E-state index in [0.717, 1.165) is 23.5 Å². The van der Waals surface area contributed by atoms with Gasteiger partial charge in [-0.1, -0.05) is 18.2 Å². The first kappa shape index (κ1) is 7.22. The summed E-state index contributed by atoms with van der Waals surface area (Å²) in [6.45, 7) is 1.96. The molecule has 0 saturated heterocycles. The van der Waals surface area contributed by atoms with Crippen LogP contribution < -0.4 is 0 Å². The topological polar surface area (TPSA) is 25.8 Å². The molecule has 60 valence electrons. The van der Waals surface area contributed by atoms with E-state index in [1.54, 1.807) is 0 Å². The summed E-state index contributed by atoms with van der Waals surface area (Å²) in [5.41, 5.74) is 3.03. The van der Waals surface area contributed by atoms with Gasteiger partial charge in [0.15, 0.2) is 0 Å². The van der Waals surface area contributed by atoms with Gasteiger partial charge in [-0.25, -0.2) is 0 Å². The fraction of sp³-hybridized carbons (Fsp3) is 0.200. The minimum absolute atomic E-state index is 0.885. The largest absolute Gasteiger partial charge is 0.257 e. The molecule has 2 rings (SSSR count). The molecule has 2 heteroatoms. The lowest BCUT2D eigenvalue weighted by atomic mass is 10.2. The van der Waals surface area contributed by atoms with Crippen molar-refractivity contribution in [3.05, 3.63) is 41.5 Å². The van der Waals surface area contributed by atoms with Crippen molar-refractivity contribution < 1.29 is 0 Å². The zero-order valence-corrected chi connectivity index (χ0v) is 6.99. The van der Waals surface area contributed by atoms with Crippen LogP contribution in [0.25, 0.3) is 6.08 Å². The van der Waals surface area contributed by atoms with Crippen molar-refractivity contribution in [3.63, 3.8) is 0 Å². The van der Waals surface area contributed by atoms with E-state index >= 15 is 0 Å². The standard InChI is InChI=1S/C10H10N2/c1-8-7-11-9-5-3-2-4-6-10(9)12-8/h2-4,6-7H,5H2,1H3. The molecular formula is C10H10N2. The molecule has 1 aliphatic rings. The van der Waals surface area contributed by atoms with Gasteiger partial charge in [0, 0.05) is 12.6 Å². The van der Waals surface area contributed by atoms with Gasteiger partial charge in [0.25, 0.3) is 0 Å². The van der Waals surface area contributed by atoms with Crippen LogP contribution in [0.3, 0.4) is 0 Å². The number of hydrogen-bond acceptors (Lipinski definition) is 2. The normalized spacial score (nSPS) is 14.1. The highest BCUT2D eigenvalue weighted by atomic mass is 14.8. The van der Waals surface area contributed by atoms with Crippen LogP contribution in [0.4, 0.5) is 0 Å². The molecule has 2 nitrogen and oxygen atoms in total. The smallest absolute Gasteiger partial charge is 0.0851 e. The average Bonchev–Trinajstić information content (AvgIpc) is 2.28. The lowest BCUT2D eigenvalue weighted by Crippen LogP contribution is -1.96. The first-order chi connectivity index (χ1) is 5.86. The first-order valence-electron chi connectivity index (χ1n) is 4.02. The summed E-state index contributed by atoms with van der Waals surface area (Å²) in [7, 11) is 0. The molecule has 0 aromatic carbocycles. The van der Waals surface area contributed by atoms with Crippen LogP contribution in [0, 0.1) is 6.92 Å². The van der Waals surface area contributed by atoms with E-state index in [-0.39, 0.29) is 0 Å². The van der Waals surface area contributed by atoms with Crippen molar-refractivity contribution in [2.24, 2.45) is 0 Å². The predicted molar refractivity (Wildman–Crippen MR) is 48.6 cm³/mol. The molecule has 0 amide bonds. The van der Waals surface area contributed by atoms with Gasteiger partial charge in [-0.2, -0.15) is 0 Å². The third-order valence-electron chi connectivity index (χ3n) is 1.81. The molecule has 12 heavy (non-hydrogen) atoms. The third kappa shape index (κ3) is 1.28. The van der Waals surface area contributed by atoms with Gasteiger partial charge in [0.1, 0.15) is 0 Å². The van der Waals surface area contributed by atoms with Gasteiger partial charge in [-0.05, 0) is 13.0 Å². The van der Waals surface area contributed by atoms with Crippen molar-refractivity contribution >= 4 is 6.08 Å². The molecule has 1 aliphatic carbocycles. The maximum absolute atomic E-state index is 4.38. The number of aromatic nitrogens is 2. The van der Waals surface area contributed by atoms with Crippen LogP contribution in [0.5, 0.6) is 0 Å².